The third-order valence-corrected chi connectivity index (χ3v) is 5.56. The van der Waals surface area contributed by atoms with Gasteiger partial charge in [0.1, 0.15) is 6.33 Å². The first kappa shape index (κ1) is 16.7. The van der Waals surface area contributed by atoms with Gasteiger partial charge in [0.2, 0.25) is 0 Å². The number of thiophene rings is 1. The van der Waals surface area contributed by atoms with Gasteiger partial charge >= 0.3 is 0 Å². The Bertz CT molecular complexity index is 1030. The van der Waals surface area contributed by atoms with Gasteiger partial charge in [-0.1, -0.05) is 63.2 Å². The van der Waals surface area contributed by atoms with Crippen LogP contribution >= 0.6 is 11.3 Å². The van der Waals surface area contributed by atoms with E-state index in [9.17, 15) is 0 Å². The molecule has 0 aliphatic heterocycles. The molecule has 2 aromatic carbocycles. The van der Waals surface area contributed by atoms with Crippen molar-refractivity contribution in [1.82, 2.24) is 9.97 Å². The number of nitrogens with one attached hydrogen (secondary N) is 1. The van der Waals surface area contributed by atoms with Gasteiger partial charge in [0.25, 0.3) is 0 Å². The lowest BCUT2D eigenvalue weighted by atomic mass is 9.86. The molecule has 0 fully saturated rings. The van der Waals surface area contributed by atoms with Crippen molar-refractivity contribution in [1.29, 1.82) is 0 Å². The molecule has 0 saturated carbocycles. The van der Waals surface area contributed by atoms with Crippen molar-refractivity contribution in [2.75, 3.05) is 5.32 Å². The predicted molar refractivity (Wildman–Crippen MR) is 111 cm³/mol. The second-order valence-corrected chi connectivity index (χ2v) is 8.42. The van der Waals surface area contributed by atoms with Crippen LogP contribution in [-0.2, 0) is 5.41 Å². The topological polar surface area (TPSA) is 37.8 Å². The monoisotopic (exact) mass is 359 g/mol. The Hall–Kier alpha value is -2.72. The van der Waals surface area contributed by atoms with Crippen LogP contribution in [0.1, 0.15) is 26.3 Å². The van der Waals surface area contributed by atoms with E-state index in [-0.39, 0.29) is 5.41 Å². The fourth-order valence-electron chi connectivity index (χ4n) is 2.88. The summed E-state index contributed by atoms with van der Waals surface area (Å²) in [5.41, 5.74) is 4.72. The average molecular weight is 359 g/mol. The normalized spacial score (nSPS) is 11.7. The molecule has 0 aliphatic rings. The number of anilines is 2. The highest BCUT2D eigenvalue weighted by Gasteiger charge is 2.14. The van der Waals surface area contributed by atoms with Gasteiger partial charge in [0, 0.05) is 10.6 Å². The molecule has 0 aliphatic carbocycles. The van der Waals surface area contributed by atoms with Gasteiger partial charge in [-0.05, 0) is 34.7 Å². The second-order valence-electron chi connectivity index (χ2n) is 7.37. The van der Waals surface area contributed by atoms with E-state index in [1.807, 2.05) is 30.3 Å². The molecule has 26 heavy (non-hydrogen) atoms. The number of hydrogen-bond acceptors (Lipinski definition) is 4. The lowest BCUT2D eigenvalue weighted by molar-refractivity contribution is 0.590. The quantitative estimate of drug-likeness (QED) is 0.460. The Morgan fingerprint density at radius 3 is 2.31 bits per heavy atom. The van der Waals surface area contributed by atoms with E-state index in [1.165, 1.54) is 16.0 Å². The molecule has 0 radical (unpaired) electrons. The van der Waals surface area contributed by atoms with Crippen LogP contribution in [0.25, 0.3) is 20.7 Å². The number of nitrogens with zero attached hydrogens (tertiary/aromatic N) is 2. The lowest BCUT2D eigenvalue weighted by Crippen LogP contribution is -2.10. The first-order valence-corrected chi connectivity index (χ1v) is 9.50. The maximum Gasteiger partial charge on any atom is 0.151 e. The summed E-state index contributed by atoms with van der Waals surface area (Å²) in [4.78, 5) is 10.1. The summed E-state index contributed by atoms with van der Waals surface area (Å²) in [6.07, 6.45) is 1.62. The SMILES string of the molecule is CC(C)(C)c1ccc(-c2cc3ncnc(Nc4ccccc4)c3s2)cc1. The maximum atomic E-state index is 4.45. The van der Waals surface area contributed by atoms with Gasteiger partial charge in [-0.25, -0.2) is 9.97 Å². The Labute approximate surface area is 157 Å². The van der Waals surface area contributed by atoms with Gasteiger partial charge < -0.3 is 5.32 Å². The Kier molecular flexibility index (Phi) is 4.21. The van der Waals surface area contributed by atoms with Crippen molar-refractivity contribution in [3.05, 3.63) is 72.6 Å². The third-order valence-electron chi connectivity index (χ3n) is 4.38. The van der Waals surface area contributed by atoms with Crippen LogP contribution in [0.15, 0.2) is 67.0 Å². The summed E-state index contributed by atoms with van der Waals surface area (Å²) < 4.78 is 1.08. The minimum atomic E-state index is 0.164. The fourth-order valence-corrected chi connectivity index (χ4v) is 3.94. The van der Waals surface area contributed by atoms with Gasteiger partial charge in [-0.3, -0.25) is 0 Å². The number of hydrogen-bond donors (Lipinski definition) is 1. The van der Waals surface area contributed by atoms with E-state index in [0.717, 1.165) is 21.7 Å². The molecule has 1 N–H and O–H groups in total. The number of aromatic nitrogens is 2. The van der Waals surface area contributed by atoms with E-state index < -0.39 is 0 Å². The van der Waals surface area contributed by atoms with Crippen molar-refractivity contribution in [3.8, 4) is 10.4 Å². The van der Waals surface area contributed by atoms with E-state index in [4.69, 9.17) is 0 Å². The van der Waals surface area contributed by atoms with Gasteiger partial charge in [-0.15, -0.1) is 11.3 Å². The van der Waals surface area contributed by atoms with E-state index in [1.54, 1.807) is 17.7 Å². The van der Waals surface area contributed by atoms with E-state index >= 15 is 0 Å². The summed E-state index contributed by atoms with van der Waals surface area (Å²) in [5, 5.41) is 3.40. The molecular formula is C22H21N3S. The molecule has 2 aromatic heterocycles. The van der Waals surface area contributed by atoms with E-state index in [0.29, 0.717) is 0 Å². The molecule has 0 amide bonds. The van der Waals surface area contributed by atoms with E-state index in [2.05, 4.69) is 66.4 Å². The van der Waals surface area contributed by atoms with Crippen LogP contribution in [0, 0.1) is 0 Å². The van der Waals surface area contributed by atoms with Crippen LogP contribution in [0.5, 0.6) is 0 Å². The highest BCUT2D eigenvalue weighted by molar-refractivity contribution is 7.22. The van der Waals surface area contributed by atoms with Gasteiger partial charge in [0.05, 0.1) is 10.2 Å². The number of rotatable bonds is 3. The number of fused-ring (bicyclic) bond motifs is 1. The molecule has 4 rings (SSSR count). The van der Waals surface area contributed by atoms with Crippen molar-refractivity contribution in [2.45, 2.75) is 26.2 Å². The van der Waals surface area contributed by atoms with Crippen LogP contribution in [0.2, 0.25) is 0 Å². The molecule has 0 bridgehead atoms. The first-order chi connectivity index (χ1) is 12.5. The molecule has 0 saturated heterocycles. The smallest absolute Gasteiger partial charge is 0.151 e. The van der Waals surface area contributed by atoms with Crippen LogP contribution in [0.4, 0.5) is 11.5 Å². The molecule has 3 nitrogen and oxygen atoms in total. The number of para-hydroxylation sites is 1. The molecule has 0 spiro atoms. The molecular weight excluding hydrogens is 338 g/mol. The van der Waals surface area contributed by atoms with Gasteiger partial charge in [0.15, 0.2) is 5.82 Å². The largest absolute Gasteiger partial charge is 0.339 e. The fraction of sp³-hybridized carbons (Fsp3) is 0.182. The molecule has 0 unspecified atom stereocenters. The summed E-state index contributed by atoms with van der Waals surface area (Å²) in [7, 11) is 0. The Morgan fingerprint density at radius 1 is 0.885 bits per heavy atom. The summed E-state index contributed by atoms with van der Waals surface area (Å²) >= 11 is 1.72. The zero-order chi connectivity index (χ0) is 18.1. The molecule has 4 heteroatoms. The van der Waals surface area contributed by atoms with Crippen LogP contribution in [0.3, 0.4) is 0 Å². The molecule has 0 atom stereocenters. The van der Waals surface area contributed by atoms with Crippen molar-refractivity contribution in [3.63, 3.8) is 0 Å². The summed E-state index contributed by atoms with van der Waals surface area (Å²) in [5.74, 6) is 0.851. The van der Waals surface area contributed by atoms with Crippen molar-refractivity contribution < 1.29 is 0 Å². The maximum absolute atomic E-state index is 4.45. The lowest BCUT2D eigenvalue weighted by Gasteiger charge is -2.18. The minimum absolute atomic E-state index is 0.164. The Balaban J connectivity index is 1.71. The minimum Gasteiger partial charge on any atom is -0.339 e. The molecule has 130 valence electrons. The average Bonchev–Trinajstić information content (AvgIpc) is 3.07. The zero-order valence-corrected chi connectivity index (χ0v) is 16.0. The van der Waals surface area contributed by atoms with Crippen LogP contribution in [-0.4, -0.2) is 9.97 Å². The summed E-state index contributed by atoms with van der Waals surface area (Å²) in [6, 6.07) is 21.1. The van der Waals surface area contributed by atoms with Crippen molar-refractivity contribution >= 4 is 33.1 Å². The third kappa shape index (κ3) is 3.33. The first-order valence-electron chi connectivity index (χ1n) is 8.68. The molecule has 2 heterocycles. The molecule has 4 aromatic rings. The highest BCUT2D eigenvalue weighted by Crippen LogP contribution is 2.37. The summed E-state index contributed by atoms with van der Waals surface area (Å²) in [6.45, 7) is 6.70. The Morgan fingerprint density at radius 2 is 1.62 bits per heavy atom. The highest BCUT2D eigenvalue weighted by atomic mass is 32.1. The zero-order valence-electron chi connectivity index (χ0n) is 15.2. The van der Waals surface area contributed by atoms with Crippen molar-refractivity contribution in [2.24, 2.45) is 0 Å². The standard InChI is InChI=1S/C22H21N3S/c1-22(2,3)16-11-9-15(10-12-16)19-13-18-20(26-19)21(24-14-23-18)25-17-7-5-4-6-8-17/h4-14H,1-3H3,(H,23,24,25). The second kappa shape index (κ2) is 6.54. The number of benzene rings is 2. The van der Waals surface area contributed by atoms with Gasteiger partial charge in [-0.2, -0.15) is 0 Å². The predicted octanol–water partition coefficient (Wildman–Crippen LogP) is 6.40. The van der Waals surface area contributed by atoms with Crippen LogP contribution < -0.4 is 5.32 Å².